The van der Waals surface area contributed by atoms with Gasteiger partial charge in [0.15, 0.2) is 0 Å². The van der Waals surface area contributed by atoms with E-state index in [1.54, 1.807) is 41.8 Å². The lowest BCUT2D eigenvalue weighted by Gasteiger charge is -2.18. The van der Waals surface area contributed by atoms with Crippen LogP contribution in [0.4, 0.5) is 11.8 Å². The first-order valence-corrected chi connectivity index (χ1v) is 11.9. The van der Waals surface area contributed by atoms with Crippen molar-refractivity contribution in [3.8, 4) is 16.8 Å². The summed E-state index contributed by atoms with van der Waals surface area (Å²) in [7, 11) is 3.53. The van der Waals surface area contributed by atoms with Crippen LogP contribution in [0.2, 0.25) is 0 Å². The van der Waals surface area contributed by atoms with Gasteiger partial charge in [-0.05, 0) is 43.2 Å². The van der Waals surface area contributed by atoms with E-state index in [9.17, 15) is 9.90 Å². The molecule has 5 aromatic rings. The fraction of sp³-hybridized carbons (Fsp3) is 0.269. The minimum atomic E-state index is -0.333. The van der Waals surface area contributed by atoms with Gasteiger partial charge >= 0.3 is 5.69 Å². The van der Waals surface area contributed by atoms with Crippen LogP contribution in [0, 0.1) is 6.92 Å². The van der Waals surface area contributed by atoms with Crippen LogP contribution in [-0.2, 0) is 7.05 Å². The van der Waals surface area contributed by atoms with Gasteiger partial charge in [-0.1, -0.05) is 6.07 Å². The summed E-state index contributed by atoms with van der Waals surface area (Å²) < 4.78 is 3.33. The molecule has 0 radical (unpaired) electrons. The Hall–Kier alpha value is -4.31. The van der Waals surface area contributed by atoms with Crippen molar-refractivity contribution in [2.45, 2.75) is 19.4 Å². The molecule has 4 aromatic heterocycles. The van der Waals surface area contributed by atoms with Crippen molar-refractivity contribution in [3.05, 3.63) is 65.1 Å². The first-order chi connectivity index (χ1) is 17.4. The molecule has 0 bridgehead atoms. The predicted molar refractivity (Wildman–Crippen MR) is 140 cm³/mol. The van der Waals surface area contributed by atoms with Crippen molar-refractivity contribution in [1.29, 1.82) is 0 Å². The van der Waals surface area contributed by atoms with Crippen LogP contribution in [0.3, 0.4) is 0 Å². The van der Waals surface area contributed by atoms with Gasteiger partial charge < -0.3 is 15.3 Å². The minimum Gasteiger partial charge on any atom is -0.391 e. The number of nitrogens with zero attached hydrogens (tertiary/aromatic N) is 7. The van der Waals surface area contributed by atoms with Crippen LogP contribution >= 0.6 is 0 Å². The van der Waals surface area contributed by atoms with Gasteiger partial charge in [0.05, 0.1) is 40.2 Å². The van der Waals surface area contributed by atoms with Crippen molar-refractivity contribution in [1.82, 2.24) is 29.1 Å². The van der Waals surface area contributed by atoms with Gasteiger partial charge in [-0.15, -0.1) is 0 Å². The molecule has 0 unspecified atom stereocenters. The molecule has 0 spiro atoms. The second-order valence-electron chi connectivity index (χ2n) is 9.11. The molecule has 36 heavy (non-hydrogen) atoms. The number of imidazole rings is 1. The number of aliphatic hydroxyl groups excluding tert-OH is 1. The Labute approximate surface area is 206 Å². The molecule has 10 nitrogen and oxygen atoms in total. The Balaban J connectivity index is 1.55. The Kier molecular flexibility index (Phi) is 5.18. The number of anilines is 2. The third-order valence-electron chi connectivity index (χ3n) is 6.86. The lowest BCUT2D eigenvalue weighted by Crippen LogP contribution is -2.24. The molecule has 1 saturated heterocycles. The molecular weight excluding hydrogens is 456 g/mol. The van der Waals surface area contributed by atoms with Gasteiger partial charge in [0, 0.05) is 50.5 Å². The number of fused-ring (bicyclic) bond motifs is 3. The van der Waals surface area contributed by atoms with Crippen molar-refractivity contribution in [2.75, 3.05) is 30.4 Å². The smallest absolute Gasteiger partial charge is 0.333 e. The van der Waals surface area contributed by atoms with Crippen LogP contribution in [0.15, 0.2) is 53.7 Å². The van der Waals surface area contributed by atoms with Crippen molar-refractivity contribution < 1.29 is 5.11 Å². The maximum Gasteiger partial charge on any atom is 0.333 e. The van der Waals surface area contributed by atoms with Crippen LogP contribution in [0.1, 0.15) is 12.1 Å². The van der Waals surface area contributed by atoms with E-state index in [0.717, 1.165) is 57.5 Å². The van der Waals surface area contributed by atoms with E-state index in [1.807, 2.05) is 37.3 Å². The van der Waals surface area contributed by atoms with Crippen LogP contribution in [-0.4, -0.2) is 60.4 Å². The van der Waals surface area contributed by atoms with Crippen molar-refractivity contribution in [3.63, 3.8) is 0 Å². The topological polar surface area (TPSA) is 114 Å². The number of rotatable bonds is 4. The fourth-order valence-corrected chi connectivity index (χ4v) is 4.91. The molecule has 0 saturated carbocycles. The normalized spacial score (nSPS) is 15.8. The zero-order valence-electron chi connectivity index (χ0n) is 20.3. The number of nitrogens with one attached hydrogen (secondary N) is 1. The van der Waals surface area contributed by atoms with E-state index in [1.165, 1.54) is 0 Å². The zero-order valence-corrected chi connectivity index (χ0v) is 20.3. The van der Waals surface area contributed by atoms with Gasteiger partial charge in [0.2, 0.25) is 5.95 Å². The second kappa shape index (κ2) is 8.42. The highest BCUT2D eigenvalue weighted by Crippen LogP contribution is 2.30. The summed E-state index contributed by atoms with van der Waals surface area (Å²) >= 11 is 0. The molecule has 6 rings (SSSR count). The van der Waals surface area contributed by atoms with Gasteiger partial charge in [-0.2, -0.15) is 0 Å². The molecule has 1 atom stereocenters. The van der Waals surface area contributed by atoms with Gasteiger partial charge in [0.1, 0.15) is 5.82 Å². The van der Waals surface area contributed by atoms with Crippen molar-refractivity contribution >= 4 is 33.7 Å². The Bertz CT molecular complexity index is 1670. The lowest BCUT2D eigenvalue weighted by molar-refractivity contribution is 0.198. The zero-order chi connectivity index (χ0) is 25.0. The quantitative estimate of drug-likeness (QED) is 0.402. The number of β-amino-alcohol motifs (C(OH)–C–C–N with tert-alkyl or cyclic N) is 1. The number of benzene rings is 1. The molecule has 1 aliphatic heterocycles. The van der Waals surface area contributed by atoms with Crippen LogP contribution in [0.25, 0.3) is 38.8 Å². The summed E-state index contributed by atoms with van der Waals surface area (Å²) in [6.45, 7) is 3.24. The maximum absolute atomic E-state index is 13.5. The average molecular weight is 483 g/mol. The van der Waals surface area contributed by atoms with E-state index in [0.29, 0.717) is 18.2 Å². The summed E-state index contributed by atoms with van der Waals surface area (Å²) in [5, 5.41) is 13.7. The number of aliphatic hydroxyl groups is 1. The first kappa shape index (κ1) is 22.2. The molecule has 0 aliphatic carbocycles. The SMILES string of the molecule is CNc1ncc(-c2ccc3ncc4c(c3c2)n(-c2ccc(N3CC[C@H](O)C3)nc2C)c(=O)n4C)cn1. The lowest BCUT2D eigenvalue weighted by atomic mass is 10.1. The van der Waals surface area contributed by atoms with E-state index in [-0.39, 0.29) is 11.8 Å². The molecule has 1 aliphatic rings. The Morgan fingerprint density at radius 2 is 1.86 bits per heavy atom. The second-order valence-corrected chi connectivity index (χ2v) is 9.11. The summed E-state index contributed by atoms with van der Waals surface area (Å²) in [6.07, 6.45) is 5.68. The van der Waals surface area contributed by atoms with Gasteiger partial charge in [-0.3, -0.25) is 14.1 Å². The number of aromatic nitrogens is 6. The number of hydrogen-bond acceptors (Lipinski definition) is 8. The Morgan fingerprint density at radius 3 is 2.56 bits per heavy atom. The van der Waals surface area contributed by atoms with E-state index in [4.69, 9.17) is 4.98 Å². The Morgan fingerprint density at radius 1 is 1.06 bits per heavy atom. The van der Waals surface area contributed by atoms with Crippen molar-refractivity contribution in [2.24, 2.45) is 7.05 Å². The average Bonchev–Trinajstić information content (AvgIpc) is 3.45. The summed E-state index contributed by atoms with van der Waals surface area (Å²) in [5.41, 5.74) is 5.38. The number of pyridine rings is 2. The highest BCUT2D eigenvalue weighted by Gasteiger charge is 2.23. The third-order valence-corrected chi connectivity index (χ3v) is 6.86. The summed E-state index contributed by atoms with van der Waals surface area (Å²) in [5.74, 6) is 1.36. The summed E-state index contributed by atoms with van der Waals surface area (Å²) in [4.78, 5) is 33.6. The molecule has 2 N–H and O–H groups in total. The highest BCUT2D eigenvalue weighted by molar-refractivity contribution is 6.04. The predicted octanol–water partition coefficient (Wildman–Crippen LogP) is 2.65. The maximum atomic E-state index is 13.5. The van der Waals surface area contributed by atoms with Gasteiger partial charge in [0.25, 0.3) is 0 Å². The van der Waals surface area contributed by atoms with E-state index >= 15 is 0 Å². The monoisotopic (exact) mass is 482 g/mol. The highest BCUT2D eigenvalue weighted by atomic mass is 16.3. The standard InChI is InChI=1S/C26H26N8O2/c1-15-21(6-7-23(31-15)33-9-8-18(35)14-33)34-24-19-10-16(17-11-29-25(27-2)30-12-17)4-5-20(19)28-13-22(24)32(3)26(34)36/h4-7,10-13,18,35H,8-9,14H2,1-3H3,(H,27,29,30)/t18-/m0/s1. The summed E-state index contributed by atoms with van der Waals surface area (Å²) in [6, 6.07) is 9.81. The molecule has 0 amide bonds. The third kappa shape index (κ3) is 3.49. The van der Waals surface area contributed by atoms with E-state index in [2.05, 4.69) is 25.2 Å². The number of aryl methyl sites for hydroxylation is 2. The fourth-order valence-electron chi connectivity index (χ4n) is 4.91. The minimum absolute atomic E-state index is 0.166. The number of hydrogen-bond donors (Lipinski definition) is 2. The van der Waals surface area contributed by atoms with Crippen LogP contribution in [0.5, 0.6) is 0 Å². The first-order valence-electron chi connectivity index (χ1n) is 11.9. The van der Waals surface area contributed by atoms with Crippen LogP contribution < -0.4 is 15.9 Å². The molecule has 10 heteroatoms. The van der Waals surface area contributed by atoms with E-state index < -0.39 is 0 Å². The molecule has 182 valence electrons. The largest absolute Gasteiger partial charge is 0.391 e. The van der Waals surface area contributed by atoms with Gasteiger partial charge in [-0.25, -0.2) is 19.7 Å². The molecule has 1 aromatic carbocycles. The molecule has 5 heterocycles. The molecular formula is C26H26N8O2. The molecule has 1 fully saturated rings.